The molecule has 2 rings (SSSR count). The van der Waals surface area contributed by atoms with Crippen molar-refractivity contribution in [2.24, 2.45) is 0 Å². The maximum absolute atomic E-state index is 11.7. The fourth-order valence-corrected chi connectivity index (χ4v) is 2.09. The average Bonchev–Trinajstić information content (AvgIpc) is 2.31. The van der Waals surface area contributed by atoms with Gasteiger partial charge in [0.25, 0.3) is 5.56 Å². The summed E-state index contributed by atoms with van der Waals surface area (Å²) in [6, 6.07) is 5.33. The zero-order valence-corrected chi connectivity index (χ0v) is 10.9. The molecule has 1 aromatic heterocycles. The van der Waals surface area contributed by atoms with E-state index in [9.17, 15) is 9.59 Å². The molecule has 0 amide bonds. The van der Waals surface area contributed by atoms with Crippen LogP contribution in [0.15, 0.2) is 27.5 Å². The molecule has 2 aromatic rings. The Bertz CT molecular complexity index is 661. The van der Waals surface area contributed by atoms with Gasteiger partial charge in [-0.15, -0.1) is 0 Å². The Balaban J connectivity index is 2.94. The molecule has 1 heterocycles. The van der Waals surface area contributed by atoms with Crippen LogP contribution in [0.1, 0.15) is 15.9 Å². The molecule has 5 heteroatoms. The molecule has 0 bridgehead atoms. The smallest absolute Gasteiger partial charge is 0.339 e. The van der Waals surface area contributed by atoms with Crippen LogP contribution in [0.3, 0.4) is 0 Å². The minimum Gasteiger partial charge on any atom is -0.465 e. The zero-order chi connectivity index (χ0) is 12.6. The van der Waals surface area contributed by atoms with Crippen LogP contribution < -0.4 is 5.56 Å². The molecule has 0 atom stereocenters. The van der Waals surface area contributed by atoms with Gasteiger partial charge in [-0.25, -0.2) is 4.79 Å². The number of halogens is 1. The van der Waals surface area contributed by atoms with Crippen LogP contribution in [0.2, 0.25) is 0 Å². The number of H-pyrrole nitrogens is 1. The lowest BCUT2D eigenvalue weighted by molar-refractivity contribution is 0.0602. The third-order valence-electron chi connectivity index (χ3n) is 2.60. The van der Waals surface area contributed by atoms with Crippen molar-refractivity contribution in [2.75, 3.05) is 7.11 Å². The Morgan fingerprint density at radius 2 is 2.12 bits per heavy atom. The Morgan fingerprint density at radius 1 is 1.41 bits per heavy atom. The van der Waals surface area contributed by atoms with Gasteiger partial charge in [0, 0.05) is 20.9 Å². The van der Waals surface area contributed by atoms with E-state index in [1.165, 1.54) is 7.11 Å². The lowest BCUT2D eigenvalue weighted by Gasteiger charge is -2.08. The second-order valence-corrected chi connectivity index (χ2v) is 4.55. The van der Waals surface area contributed by atoms with E-state index in [1.54, 1.807) is 25.1 Å². The first-order chi connectivity index (χ1) is 8.04. The first-order valence-corrected chi connectivity index (χ1v) is 5.74. The third-order valence-corrected chi connectivity index (χ3v) is 3.10. The van der Waals surface area contributed by atoms with E-state index >= 15 is 0 Å². The molecule has 17 heavy (non-hydrogen) atoms. The summed E-state index contributed by atoms with van der Waals surface area (Å²) in [5.74, 6) is -0.503. The standard InChI is InChI=1S/C12H10BrNO3/c1-6-10(12(16)17-2)8-5-7(13)3-4-9(8)14-11(6)15/h3-5H,1-2H3,(H,14,15). The minimum atomic E-state index is -0.503. The Hall–Kier alpha value is -1.62. The normalized spacial score (nSPS) is 10.5. The van der Waals surface area contributed by atoms with Crippen LogP contribution in [-0.2, 0) is 4.74 Å². The van der Waals surface area contributed by atoms with Gasteiger partial charge >= 0.3 is 5.97 Å². The predicted octanol–water partition coefficient (Wildman–Crippen LogP) is 2.39. The van der Waals surface area contributed by atoms with E-state index in [1.807, 2.05) is 0 Å². The number of carbonyl (C=O) groups excluding carboxylic acids is 1. The summed E-state index contributed by atoms with van der Waals surface area (Å²) >= 11 is 3.34. The maximum atomic E-state index is 11.7. The summed E-state index contributed by atoms with van der Waals surface area (Å²) in [5.41, 5.74) is 1.01. The summed E-state index contributed by atoms with van der Waals surface area (Å²) in [6.45, 7) is 1.60. The average molecular weight is 296 g/mol. The van der Waals surface area contributed by atoms with Crippen LogP contribution in [-0.4, -0.2) is 18.1 Å². The molecule has 0 unspecified atom stereocenters. The van der Waals surface area contributed by atoms with Gasteiger partial charge in [0.1, 0.15) is 0 Å². The Labute approximate surface area is 106 Å². The zero-order valence-electron chi connectivity index (χ0n) is 9.33. The molecule has 0 spiro atoms. The number of carbonyl (C=O) groups is 1. The fourth-order valence-electron chi connectivity index (χ4n) is 1.73. The van der Waals surface area contributed by atoms with Crippen molar-refractivity contribution in [1.82, 2.24) is 4.98 Å². The first-order valence-electron chi connectivity index (χ1n) is 4.95. The third kappa shape index (κ3) is 1.98. The second-order valence-electron chi connectivity index (χ2n) is 3.64. The topological polar surface area (TPSA) is 59.2 Å². The molecule has 0 aliphatic rings. The highest BCUT2D eigenvalue weighted by Crippen LogP contribution is 2.22. The van der Waals surface area contributed by atoms with Crippen LogP contribution in [0.4, 0.5) is 0 Å². The molecular weight excluding hydrogens is 286 g/mol. The Kier molecular flexibility index (Phi) is 3.02. The summed E-state index contributed by atoms with van der Waals surface area (Å²) < 4.78 is 5.55. The highest BCUT2D eigenvalue weighted by molar-refractivity contribution is 9.10. The van der Waals surface area contributed by atoms with Crippen LogP contribution in [0.25, 0.3) is 10.9 Å². The van der Waals surface area contributed by atoms with Crippen LogP contribution in [0, 0.1) is 6.92 Å². The van der Waals surface area contributed by atoms with E-state index < -0.39 is 5.97 Å². The van der Waals surface area contributed by atoms with Gasteiger partial charge in [-0.1, -0.05) is 15.9 Å². The van der Waals surface area contributed by atoms with Gasteiger partial charge in [0.2, 0.25) is 0 Å². The number of benzene rings is 1. The van der Waals surface area contributed by atoms with Gasteiger partial charge < -0.3 is 9.72 Å². The highest BCUT2D eigenvalue weighted by atomic mass is 79.9. The molecule has 0 aliphatic carbocycles. The largest absolute Gasteiger partial charge is 0.465 e. The summed E-state index contributed by atoms with van der Waals surface area (Å²) in [7, 11) is 1.30. The van der Waals surface area contributed by atoms with Gasteiger partial charge in [0.15, 0.2) is 0 Å². The first kappa shape index (κ1) is 11.9. The van der Waals surface area contributed by atoms with Crippen molar-refractivity contribution >= 4 is 32.8 Å². The number of hydrogen-bond acceptors (Lipinski definition) is 3. The molecule has 1 N–H and O–H groups in total. The number of nitrogens with one attached hydrogen (secondary N) is 1. The van der Waals surface area contributed by atoms with Crippen LogP contribution in [0.5, 0.6) is 0 Å². The molecule has 88 valence electrons. The monoisotopic (exact) mass is 295 g/mol. The number of hydrogen-bond donors (Lipinski definition) is 1. The lowest BCUT2D eigenvalue weighted by Crippen LogP contribution is -2.17. The van der Waals surface area contributed by atoms with Gasteiger partial charge in [-0.05, 0) is 25.1 Å². The van der Waals surface area contributed by atoms with E-state index in [0.29, 0.717) is 22.0 Å². The van der Waals surface area contributed by atoms with Crippen molar-refractivity contribution in [2.45, 2.75) is 6.92 Å². The second kappa shape index (κ2) is 4.33. The summed E-state index contributed by atoms with van der Waals surface area (Å²) in [4.78, 5) is 26.1. The molecule has 0 radical (unpaired) electrons. The Morgan fingerprint density at radius 3 is 2.76 bits per heavy atom. The highest BCUT2D eigenvalue weighted by Gasteiger charge is 2.16. The van der Waals surface area contributed by atoms with E-state index in [0.717, 1.165) is 4.47 Å². The molecule has 1 aromatic carbocycles. The van der Waals surface area contributed by atoms with Gasteiger partial charge in [-0.2, -0.15) is 0 Å². The molecule has 0 aliphatic heterocycles. The SMILES string of the molecule is COC(=O)c1c(C)c(=O)[nH]c2ccc(Br)cc12. The van der Waals surface area contributed by atoms with Crippen molar-refractivity contribution < 1.29 is 9.53 Å². The number of aromatic amines is 1. The van der Waals surface area contributed by atoms with E-state index in [-0.39, 0.29) is 5.56 Å². The number of methoxy groups -OCH3 is 1. The molecular formula is C12H10BrNO3. The molecule has 4 nitrogen and oxygen atoms in total. The quantitative estimate of drug-likeness (QED) is 0.822. The maximum Gasteiger partial charge on any atom is 0.339 e. The summed E-state index contributed by atoms with van der Waals surface area (Å²) in [6.07, 6.45) is 0. The van der Waals surface area contributed by atoms with Crippen molar-refractivity contribution in [3.8, 4) is 0 Å². The van der Waals surface area contributed by atoms with Crippen molar-refractivity contribution in [1.29, 1.82) is 0 Å². The molecule has 0 fully saturated rings. The van der Waals surface area contributed by atoms with E-state index in [4.69, 9.17) is 4.74 Å². The van der Waals surface area contributed by atoms with E-state index in [2.05, 4.69) is 20.9 Å². The number of ether oxygens (including phenoxy) is 1. The van der Waals surface area contributed by atoms with Crippen molar-refractivity contribution in [3.05, 3.63) is 44.2 Å². The minimum absolute atomic E-state index is 0.278. The lowest BCUT2D eigenvalue weighted by atomic mass is 10.0. The number of rotatable bonds is 1. The fraction of sp³-hybridized carbons (Fsp3) is 0.167. The molecule has 0 saturated heterocycles. The van der Waals surface area contributed by atoms with Gasteiger partial charge in [0.05, 0.1) is 12.7 Å². The number of pyridine rings is 1. The number of esters is 1. The number of aromatic nitrogens is 1. The number of fused-ring (bicyclic) bond motifs is 1. The van der Waals surface area contributed by atoms with Crippen LogP contribution >= 0.6 is 15.9 Å². The summed E-state index contributed by atoms with van der Waals surface area (Å²) in [5, 5.41) is 0.670. The predicted molar refractivity (Wildman–Crippen MR) is 68.3 cm³/mol. The van der Waals surface area contributed by atoms with Crippen molar-refractivity contribution in [3.63, 3.8) is 0 Å². The van der Waals surface area contributed by atoms with Gasteiger partial charge in [-0.3, -0.25) is 4.79 Å². The molecule has 0 saturated carbocycles.